The Balaban J connectivity index is 2.14. The van der Waals surface area contributed by atoms with Crippen molar-refractivity contribution in [1.29, 1.82) is 0 Å². The summed E-state index contributed by atoms with van der Waals surface area (Å²) in [4.78, 5) is 24.0. The minimum Gasteiger partial charge on any atom is -0.293 e. The number of halogens is 1. The van der Waals surface area contributed by atoms with E-state index < -0.39 is 0 Å². The molecule has 112 valence electrons. The number of thioether (sulfide) groups is 1. The van der Waals surface area contributed by atoms with Crippen LogP contribution in [0.25, 0.3) is 0 Å². The zero-order valence-electron chi connectivity index (χ0n) is 11.8. The van der Waals surface area contributed by atoms with Gasteiger partial charge in [-0.2, -0.15) is 0 Å². The van der Waals surface area contributed by atoms with Crippen molar-refractivity contribution in [2.45, 2.75) is 37.2 Å². The van der Waals surface area contributed by atoms with Gasteiger partial charge < -0.3 is 0 Å². The molecule has 2 aromatic rings. The highest BCUT2D eigenvalue weighted by molar-refractivity contribution is 8.00. The molecule has 1 aromatic heterocycles. The first-order valence-corrected chi connectivity index (χ1v) is 7.90. The van der Waals surface area contributed by atoms with Crippen molar-refractivity contribution in [2.75, 3.05) is 0 Å². The Morgan fingerprint density at radius 2 is 2.10 bits per heavy atom. The third-order valence-electron chi connectivity index (χ3n) is 2.95. The largest absolute Gasteiger partial charge is 0.343 e. The van der Waals surface area contributed by atoms with Crippen LogP contribution in [0.15, 0.2) is 34.2 Å². The van der Waals surface area contributed by atoms with E-state index >= 15 is 0 Å². The molecule has 1 atom stereocenters. The molecule has 7 heteroatoms. The first-order chi connectivity index (χ1) is 10.0. The van der Waals surface area contributed by atoms with E-state index in [0.29, 0.717) is 22.3 Å². The van der Waals surface area contributed by atoms with Gasteiger partial charge in [-0.05, 0) is 37.6 Å². The minimum atomic E-state index is -0.336. The van der Waals surface area contributed by atoms with Crippen molar-refractivity contribution in [3.8, 4) is 0 Å². The van der Waals surface area contributed by atoms with Crippen LogP contribution in [-0.4, -0.2) is 25.8 Å². The minimum absolute atomic E-state index is 0.0184. The van der Waals surface area contributed by atoms with Crippen LogP contribution >= 0.6 is 23.4 Å². The zero-order chi connectivity index (χ0) is 15.4. The summed E-state index contributed by atoms with van der Waals surface area (Å²) in [6.07, 6.45) is 0.826. The van der Waals surface area contributed by atoms with Crippen LogP contribution in [0.2, 0.25) is 5.02 Å². The van der Waals surface area contributed by atoms with E-state index in [2.05, 4.69) is 10.2 Å². The van der Waals surface area contributed by atoms with Crippen LogP contribution in [-0.2, 0) is 6.54 Å². The third kappa shape index (κ3) is 3.77. The summed E-state index contributed by atoms with van der Waals surface area (Å²) in [7, 11) is 0. The van der Waals surface area contributed by atoms with Gasteiger partial charge in [-0.3, -0.25) is 9.36 Å². The Hall–Kier alpha value is -1.53. The summed E-state index contributed by atoms with van der Waals surface area (Å²) in [6, 6.07) is 6.78. The Kier molecular flexibility index (Phi) is 5.25. The lowest BCUT2D eigenvalue weighted by Crippen LogP contribution is -2.19. The molecule has 0 radical (unpaired) electrons. The highest BCUT2D eigenvalue weighted by Crippen LogP contribution is 2.23. The molecular formula is C14H16ClN3O2S. The Morgan fingerprint density at radius 3 is 2.71 bits per heavy atom. The molecule has 1 unspecified atom stereocenters. The summed E-state index contributed by atoms with van der Waals surface area (Å²) in [5, 5.41) is 7.20. The van der Waals surface area contributed by atoms with Crippen LogP contribution in [0, 0.1) is 0 Å². The Bertz CT molecular complexity index is 678. The lowest BCUT2D eigenvalue weighted by molar-refractivity contribution is 0.0994. The van der Waals surface area contributed by atoms with Gasteiger partial charge in [0.2, 0.25) is 0 Å². The van der Waals surface area contributed by atoms with E-state index in [1.54, 1.807) is 35.8 Å². The van der Waals surface area contributed by atoms with Gasteiger partial charge in [0, 0.05) is 17.1 Å². The number of benzene rings is 1. The number of carbonyl (C=O) groups excluding carboxylic acids is 1. The van der Waals surface area contributed by atoms with Crippen molar-refractivity contribution in [3.63, 3.8) is 0 Å². The topological polar surface area (TPSA) is 67.8 Å². The van der Waals surface area contributed by atoms with E-state index in [1.165, 1.54) is 11.8 Å². The normalized spacial score (nSPS) is 12.3. The predicted octanol–water partition coefficient (Wildman–Crippen LogP) is 3.00. The van der Waals surface area contributed by atoms with Gasteiger partial charge in [0.05, 0.1) is 5.25 Å². The number of carbonyl (C=O) groups is 1. The maximum atomic E-state index is 12.3. The third-order valence-corrected chi connectivity index (χ3v) is 4.29. The van der Waals surface area contributed by atoms with Crippen LogP contribution in [0.1, 0.15) is 30.6 Å². The zero-order valence-corrected chi connectivity index (χ0v) is 13.4. The van der Waals surface area contributed by atoms with E-state index in [0.717, 1.165) is 6.42 Å². The number of hydrogen-bond acceptors (Lipinski definition) is 4. The monoisotopic (exact) mass is 325 g/mol. The Labute approximate surface area is 131 Å². The molecule has 0 fully saturated rings. The molecule has 0 saturated heterocycles. The lowest BCUT2D eigenvalue weighted by atomic mass is 10.1. The fourth-order valence-corrected chi connectivity index (χ4v) is 2.96. The maximum Gasteiger partial charge on any atom is 0.343 e. The highest BCUT2D eigenvalue weighted by atomic mass is 35.5. The molecule has 1 aromatic carbocycles. The van der Waals surface area contributed by atoms with Crippen LogP contribution in [0.5, 0.6) is 0 Å². The number of H-pyrrole nitrogens is 1. The molecule has 0 aliphatic heterocycles. The average Bonchev–Trinajstić information content (AvgIpc) is 2.81. The molecule has 0 aliphatic rings. The number of aromatic amines is 1. The van der Waals surface area contributed by atoms with Crippen LogP contribution in [0.3, 0.4) is 0 Å². The second-order valence-corrected chi connectivity index (χ2v) is 6.34. The number of nitrogens with zero attached hydrogens (tertiary/aromatic N) is 2. The summed E-state index contributed by atoms with van der Waals surface area (Å²) < 4.78 is 1.55. The smallest absolute Gasteiger partial charge is 0.293 e. The molecule has 0 amide bonds. The van der Waals surface area contributed by atoms with Crippen LogP contribution in [0.4, 0.5) is 0 Å². The summed E-state index contributed by atoms with van der Waals surface area (Å²) >= 11 is 7.09. The molecule has 1 heterocycles. The van der Waals surface area contributed by atoms with Gasteiger partial charge in [-0.15, -0.1) is 5.10 Å². The second-order valence-electron chi connectivity index (χ2n) is 4.59. The van der Waals surface area contributed by atoms with Gasteiger partial charge >= 0.3 is 5.69 Å². The first-order valence-electron chi connectivity index (χ1n) is 6.64. The van der Waals surface area contributed by atoms with Gasteiger partial charge in [0.25, 0.3) is 0 Å². The van der Waals surface area contributed by atoms with Crippen LogP contribution < -0.4 is 5.69 Å². The molecule has 2 rings (SSSR count). The molecule has 0 bridgehead atoms. The standard InChI is InChI=1S/C14H16ClN3O2S/c1-3-8-18-13(20)16-17-14(18)21-9(2)12(19)10-4-6-11(15)7-5-10/h4-7,9H,3,8H2,1-2H3,(H,16,20). The lowest BCUT2D eigenvalue weighted by Gasteiger charge is -2.10. The SMILES string of the molecule is CCCn1c(SC(C)C(=O)c2ccc(Cl)cc2)n[nH]c1=O. The fourth-order valence-electron chi connectivity index (χ4n) is 1.87. The van der Waals surface area contributed by atoms with E-state index in [1.807, 2.05) is 6.92 Å². The quantitative estimate of drug-likeness (QED) is 0.655. The van der Waals surface area contributed by atoms with Crippen molar-refractivity contribution < 1.29 is 4.79 Å². The molecule has 0 aliphatic carbocycles. The average molecular weight is 326 g/mol. The summed E-state index contributed by atoms with van der Waals surface area (Å²) in [6.45, 7) is 4.37. The van der Waals surface area contributed by atoms with Gasteiger partial charge in [0.15, 0.2) is 10.9 Å². The molecular weight excluding hydrogens is 310 g/mol. The number of rotatable bonds is 6. The van der Waals surface area contributed by atoms with Crippen molar-refractivity contribution in [2.24, 2.45) is 0 Å². The second kappa shape index (κ2) is 6.95. The van der Waals surface area contributed by atoms with Gasteiger partial charge in [-0.1, -0.05) is 30.3 Å². The van der Waals surface area contributed by atoms with Gasteiger partial charge in [0.1, 0.15) is 0 Å². The van der Waals surface area contributed by atoms with Crippen molar-refractivity contribution in [3.05, 3.63) is 45.3 Å². The molecule has 5 nitrogen and oxygen atoms in total. The van der Waals surface area contributed by atoms with Crippen molar-refractivity contribution >= 4 is 29.1 Å². The molecule has 0 spiro atoms. The number of Topliss-reactive ketones (excluding diaryl/α,β-unsaturated/α-hetero) is 1. The fraction of sp³-hybridized carbons (Fsp3) is 0.357. The van der Waals surface area contributed by atoms with Gasteiger partial charge in [-0.25, -0.2) is 9.89 Å². The summed E-state index contributed by atoms with van der Waals surface area (Å²) in [5.74, 6) is -0.0184. The first kappa shape index (κ1) is 15.9. The number of aromatic nitrogens is 3. The van der Waals surface area contributed by atoms with E-state index in [9.17, 15) is 9.59 Å². The molecule has 1 N–H and O–H groups in total. The predicted molar refractivity (Wildman–Crippen MR) is 84.2 cm³/mol. The highest BCUT2D eigenvalue weighted by Gasteiger charge is 2.20. The molecule has 0 saturated carbocycles. The molecule has 21 heavy (non-hydrogen) atoms. The number of hydrogen-bond donors (Lipinski definition) is 1. The summed E-state index contributed by atoms with van der Waals surface area (Å²) in [5.41, 5.74) is 0.352. The maximum absolute atomic E-state index is 12.3. The van der Waals surface area contributed by atoms with E-state index in [-0.39, 0.29) is 16.7 Å². The number of ketones is 1. The number of nitrogens with one attached hydrogen (secondary N) is 1. The van der Waals surface area contributed by atoms with E-state index in [4.69, 9.17) is 11.6 Å². The van der Waals surface area contributed by atoms with Crippen molar-refractivity contribution in [1.82, 2.24) is 14.8 Å². The Morgan fingerprint density at radius 1 is 1.43 bits per heavy atom.